The molecule has 5 nitrogen and oxygen atoms in total. The molecular formula is C10H10BrN5. The zero-order chi connectivity index (χ0) is 11.8. The number of aromatic nitrogens is 3. The molecule has 0 saturated heterocycles. The first-order valence-electron chi connectivity index (χ1n) is 4.69. The molecular weight excluding hydrogens is 270 g/mol. The van der Waals surface area contributed by atoms with Crippen molar-refractivity contribution in [1.29, 1.82) is 5.26 Å². The van der Waals surface area contributed by atoms with Gasteiger partial charge in [0.2, 0.25) is 0 Å². The van der Waals surface area contributed by atoms with E-state index < -0.39 is 5.54 Å². The van der Waals surface area contributed by atoms with E-state index in [0.29, 0.717) is 6.54 Å². The van der Waals surface area contributed by atoms with Gasteiger partial charge in [-0.25, -0.2) is 0 Å². The van der Waals surface area contributed by atoms with E-state index in [4.69, 9.17) is 11.0 Å². The first-order valence-corrected chi connectivity index (χ1v) is 5.48. The number of hydrogen-bond donors (Lipinski definition) is 1. The van der Waals surface area contributed by atoms with E-state index in [1.54, 1.807) is 24.0 Å². The van der Waals surface area contributed by atoms with Crippen LogP contribution in [0.1, 0.15) is 6.92 Å². The van der Waals surface area contributed by atoms with Crippen LogP contribution in [0.15, 0.2) is 23.1 Å². The third kappa shape index (κ3) is 2.05. The molecule has 0 aliphatic heterocycles. The first-order chi connectivity index (χ1) is 7.52. The Balaban J connectivity index is 2.42. The molecule has 0 spiro atoms. The summed E-state index contributed by atoms with van der Waals surface area (Å²) in [5.41, 5.74) is 5.62. The van der Waals surface area contributed by atoms with Crippen molar-refractivity contribution in [3.63, 3.8) is 0 Å². The van der Waals surface area contributed by atoms with Crippen LogP contribution in [0.2, 0.25) is 0 Å². The molecule has 82 valence electrons. The standard InChI is InChI=1S/C10H10BrN5/c1-10(13,5-12)6-16-4-7-8(11)2-14-3-9(7)15-16/h2-4H,6,13H2,1H3. The molecule has 0 fully saturated rings. The fourth-order valence-electron chi connectivity index (χ4n) is 1.41. The summed E-state index contributed by atoms with van der Waals surface area (Å²) in [4.78, 5) is 4.02. The topological polar surface area (TPSA) is 80.5 Å². The Bertz CT molecular complexity index is 566. The summed E-state index contributed by atoms with van der Waals surface area (Å²) in [6, 6.07) is 2.04. The van der Waals surface area contributed by atoms with Crippen LogP contribution in [0.3, 0.4) is 0 Å². The van der Waals surface area contributed by atoms with Crippen molar-refractivity contribution in [2.75, 3.05) is 0 Å². The average Bonchev–Trinajstić information content (AvgIpc) is 2.61. The van der Waals surface area contributed by atoms with Gasteiger partial charge in [-0.1, -0.05) is 0 Å². The number of nitriles is 1. The van der Waals surface area contributed by atoms with Crippen molar-refractivity contribution >= 4 is 26.8 Å². The van der Waals surface area contributed by atoms with Crippen molar-refractivity contribution in [2.45, 2.75) is 19.0 Å². The normalized spacial score (nSPS) is 14.6. The van der Waals surface area contributed by atoms with E-state index in [0.717, 1.165) is 15.4 Å². The maximum atomic E-state index is 8.85. The van der Waals surface area contributed by atoms with Gasteiger partial charge in [0.05, 0.1) is 18.8 Å². The fraction of sp³-hybridized carbons (Fsp3) is 0.300. The molecule has 1 atom stereocenters. The fourth-order valence-corrected chi connectivity index (χ4v) is 1.84. The largest absolute Gasteiger partial charge is 0.312 e. The molecule has 0 bridgehead atoms. The second-order valence-electron chi connectivity index (χ2n) is 3.91. The van der Waals surface area contributed by atoms with Crippen LogP contribution in [0.25, 0.3) is 10.9 Å². The minimum absolute atomic E-state index is 0.352. The number of rotatable bonds is 2. The zero-order valence-electron chi connectivity index (χ0n) is 8.68. The highest BCUT2D eigenvalue weighted by Crippen LogP contribution is 2.21. The highest BCUT2D eigenvalue weighted by atomic mass is 79.9. The lowest BCUT2D eigenvalue weighted by Crippen LogP contribution is -2.39. The second kappa shape index (κ2) is 3.85. The molecule has 16 heavy (non-hydrogen) atoms. The zero-order valence-corrected chi connectivity index (χ0v) is 10.3. The maximum Gasteiger partial charge on any atom is 0.121 e. The Morgan fingerprint density at radius 3 is 3.00 bits per heavy atom. The molecule has 2 heterocycles. The Kier molecular flexibility index (Phi) is 2.66. The quantitative estimate of drug-likeness (QED) is 0.902. The summed E-state index contributed by atoms with van der Waals surface area (Å²) < 4.78 is 2.55. The predicted octanol–water partition coefficient (Wildman–Crippen LogP) is 1.43. The highest BCUT2D eigenvalue weighted by Gasteiger charge is 2.19. The molecule has 1 unspecified atom stereocenters. The lowest BCUT2D eigenvalue weighted by molar-refractivity contribution is 0.462. The van der Waals surface area contributed by atoms with E-state index in [9.17, 15) is 0 Å². The van der Waals surface area contributed by atoms with Crippen LogP contribution in [-0.2, 0) is 6.54 Å². The van der Waals surface area contributed by atoms with Crippen molar-refractivity contribution in [3.05, 3.63) is 23.1 Å². The summed E-state index contributed by atoms with van der Waals surface area (Å²) in [6.07, 6.45) is 5.24. The van der Waals surface area contributed by atoms with Gasteiger partial charge in [-0.15, -0.1) is 0 Å². The van der Waals surface area contributed by atoms with Crippen LogP contribution in [0.5, 0.6) is 0 Å². The van der Waals surface area contributed by atoms with Crippen molar-refractivity contribution in [3.8, 4) is 6.07 Å². The Morgan fingerprint density at radius 2 is 2.38 bits per heavy atom. The molecule has 0 radical (unpaired) electrons. The lowest BCUT2D eigenvalue weighted by atomic mass is 10.1. The first kappa shape index (κ1) is 11.0. The van der Waals surface area contributed by atoms with Crippen LogP contribution in [0.4, 0.5) is 0 Å². The maximum absolute atomic E-state index is 8.85. The summed E-state index contributed by atoms with van der Waals surface area (Å²) in [7, 11) is 0. The van der Waals surface area contributed by atoms with Gasteiger partial charge >= 0.3 is 0 Å². The molecule has 0 amide bonds. The van der Waals surface area contributed by atoms with Gasteiger partial charge in [0.25, 0.3) is 0 Å². The molecule has 2 aromatic rings. The minimum Gasteiger partial charge on any atom is -0.312 e. The number of hydrogen-bond acceptors (Lipinski definition) is 4. The van der Waals surface area contributed by atoms with Gasteiger partial charge in [-0.2, -0.15) is 10.4 Å². The van der Waals surface area contributed by atoms with Crippen molar-refractivity contribution in [2.24, 2.45) is 5.73 Å². The third-order valence-corrected chi connectivity index (χ3v) is 2.81. The predicted molar refractivity (Wildman–Crippen MR) is 63.4 cm³/mol. The molecule has 2 rings (SSSR count). The summed E-state index contributed by atoms with van der Waals surface area (Å²) in [6.45, 7) is 2.03. The number of nitrogens with zero attached hydrogens (tertiary/aromatic N) is 4. The van der Waals surface area contributed by atoms with E-state index in [1.807, 2.05) is 12.3 Å². The smallest absolute Gasteiger partial charge is 0.121 e. The third-order valence-electron chi connectivity index (χ3n) is 2.18. The Hall–Kier alpha value is -1.45. The lowest BCUT2D eigenvalue weighted by Gasteiger charge is -2.14. The summed E-state index contributed by atoms with van der Waals surface area (Å²) in [5.74, 6) is 0. The van der Waals surface area contributed by atoms with E-state index in [2.05, 4.69) is 26.0 Å². The van der Waals surface area contributed by atoms with Crippen molar-refractivity contribution < 1.29 is 0 Å². The SMILES string of the molecule is CC(N)(C#N)Cn1cc2c(Br)cncc2n1. The molecule has 6 heteroatoms. The van der Waals surface area contributed by atoms with Crippen LogP contribution >= 0.6 is 15.9 Å². The molecule has 0 aliphatic rings. The Morgan fingerprint density at radius 1 is 1.62 bits per heavy atom. The summed E-state index contributed by atoms with van der Waals surface area (Å²) >= 11 is 3.39. The van der Waals surface area contributed by atoms with E-state index in [-0.39, 0.29) is 0 Å². The number of nitrogens with two attached hydrogens (primary N) is 1. The number of halogens is 1. The minimum atomic E-state index is -0.915. The monoisotopic (exact) mass is 279 g/mol. The van der Waals surface area contributed by atoms with E-state index >= 15 is 0 Å². The molecule has 0 saturated carbocycles. The van der Waals surface area contributed by atoms with Crippen LogP contribution in [-0.4, -0.2) is 20.3 Å². The van der Waals surface area contributed by atoms with Gasteiger partial charge < -0.3 is 5.73 Å². The van der Waals surface area contributed by atoms with Gasteiger partial charge in [0, 0.05) is 22.3 Å². The van der Waals surface area contributed by atoms with E-state index in [1.165, 1.54) is 0 Å². The molecule has 0 aromatic carbocycles. The van der Waals surface area contributed by atoms with Gasteiger partial charge in [-0.3, -0.25) is 9.67 Å². The van der Waals surface area contributed by atoms with Gasteiger partial charge in [-0.05, 0) is 22.9 Å². The van der Waals surface area contributed by atoms with Crippen molar-refractivity contribution in [1.82, 2.24) is 14.8 Å². The molecule has 0 aliphatic carbocycles. The van der Waals surface area contributed by atoms with Gasteiger partial charge in [0.1, 0.15) is 11.1 Å². The highest BCUT2D eigenvalue weighted by molar-refractivity contribution is 9.10. The van der Waals surface area contributed by atoms with Crippen LogP contribution in [0, 0.1) is 11.3 Å². The number of fused-ring (bicyclic) bond motifs is 1. The Labute approximate surface area is 101 Å². The molecule has 2 aromatic heterocycles. The molecule has 2 N–H and O–H groups in total. The van der Waals surface area contributed by atoms with Crippen LogP contribution < -0.4 is 5.73 Å². The number of pyridine rings is 1. The summed E-state index contributed by atoms with van der Waals surface area (Å²) in [5, 5.41) is 14.1. The average molecular weight is 280 g/mol. The van der Waals surface area contributed by atoms with Gasteiger partial charge in [0.15, 0.2) is 0 Å². The second-order valence-corrected chi connectivity index (χ2v) is 4.76.